The SMILES string of the molecule is CNC(C)c1ccc(-c2cncnc2)cc1. The van der Waals surface area contributed by atoms with Crippen molar-refractivity contribution < 1.29 is 0 Å². The molecule has 0 bridgehead atoms. The fraction of sp³-hybridized carbons (Fsp3) is 0.231. The van der Waals surface area contributed by atoms with Crippen molar-refractivity contribution >= 4 is 0 Å². The van der Waals surface area contributed by atoms with Gasteiger partial charge in [-0.05, 0) is 25.1 Å². The molecule has 0 aliphatic rings. The lowest BCUT2D eigenvalue weighted by Crippen LogP contribution is -2.11. The van der Waals surface area contributed by atoms with Gasteiger partial charge in [0, 0.05) is 24.0 Å². The summed E-state index contributed by atoms with van der Waals surface area (Å²) in [4.78, 5) is 8.02. The van der Waals surface area contributed by atoms with Gasteiger partial charge >= 0.3 is 0 Å². The van der Waals surface area contributed by atoms with Crippen molar-refractivity contribution in [3.8, 4) is 11.1 Å². The molecule has 1 N–H and O–H groups in total. The van der Waals surface area contributed by atoms with E-state index in [2.05, 4.69) is 46.5 Å². The Hall–Kier alpha value is -1.74. The van der Waals surface area contributed by atoms with Gasteiger partial charge in [0.1, 0.15) is 6.33 Å². The largest absolute Gasteiger partial charge is 0.313 e. The van der Waals surface area contributed by atoms with E-state index < -0.39 is 0 Å². The molecule has 0 aliphatic heterocycles. The molecule has 0 fully saturated rings. The average Bonchev–Trinajstić information content (AvgIpc) is 2.39. The number of nitrogens with one attached hydrogen (secondary N) is 1. The molecule has 3 nitrogen and oxygen atoms in total. The van der Waals surface area contributed by atoms with Gasteiger partial charge in [0.2, 0.25) is 0 Å². The highest BCUT2D eigenvalue weighted by Crippen LogP contribution is 2.20. The fourth-order valence-corrected chi connectivity index (χ4v) is 1.58. The Balaban J connectivity index is 2.26. The van der Waals surface area contributed by atoms with E-state index in [-0.39, 0.29) is 0 Å². The van der Waals surface area contributed by atoms with Gasteiger partial charge in [0.15, 0.2) is 0 Å². The van der Waals surface area contributed by atoms with Crippen LogP contribution in [0, 0.1) is 0 Å². The number of benzene rings is 1. The molecule has 0 saturated heterocycles. The molecule has 2 rings (SSSR count). The molecule has 16 heavy (non-hydrogen) atoms. The summed E-state index contributed by atoms with van der Waals surface area (Å²) in [6.45, 7) is 2.14. The van der Waals surface area contributed by atoms with Gasteiger partial charge in [-0.25, -0.2) is 9.97 Å². The van der Waals surface area contributed by atoms with Gasteiger partial charge in [-0.2, -0.15) is 0 Å². The second-order valence-electron chi connectivity index (χ2n) is 3.76. The van der Waals surface area contributed by atoms with Crippen LogP contribution in [0.1, 0.15) is 18.5 Å². The molecule has 0 radical (unpaired) electrons. The number of hydrogen-bond acceptors (Lipinski definition) is 3. The Morgan fingerprint density at radius 1 is 1.00 bits per heavy atom. The highest BCUT2D eigenvalue weighted by molar-refractivity contribution is 5.61. The quantitative estimate of drug-likeness (QED) is 0.850. The van der Waals surface area contributed by atoms with Crippen molar-refractivity contribution in [2.45, 2.75) is 13.0 Å². The Labute approximate surface area is 95.6 Å². The number of hydrogen-bond donors (Lipinski definition) is 1. The van der Waals surface area contributed by atoms with E-state index in [1.54, 1.807) is 6.33 Å². The summed E-state index contributed by atoms with van der Waals surface area (Å²) in [7, 11) is 1.96. The van der Waals surface area contributed by atoms with Crippen molar-refractivity contribution in [2.24, 2.45) is 0 Å². The summed E-state index contributed by atoms with van der Waals surface area (Å²) in [5.41, 5.74) is 3.47. The molecule has 1 aromatic carbocycles. The Kier molecular flexibility index (Phi) is 3.27. The lowest BCUT2D eigenvalue weighted by molar-refractivity contribution is 0.652. The molecular formula is C13H15N3. The van der Waals surface area contributed by atoms with Crippen LogP contribution in [0.15, 0.2) is 43.0 Å². The zero-order chi connectivity index (χ0) is 11.4. The topological polar surface area (TPSA) is 37.8 Å². The maximum absolute atomic E-state index is 4.01. The summed E-state index contributed by atoms with van der Waals surface area (Å²) >= 11 is 0. The zero-order valence-corrected chi connectivity index (χ0v) is 9.51. The number of aromatic nitrogens is 2. The van der Waals surface area contributed by atoms with Gasteiger partial charge in [0.05, 0.1) is 0 Å². The molecule has 0 amide bonds. The summed E-state index contributed by atoms with van der Waals surface area (Å²) < 4.78 is 0. The van der Waals surface area contributed by atoms with E-state index >= 15 is 0 Å². The third-order valence-electron chi connectivity index (χ3n) is 2.74. The second kappa shape index (κ2) is 4.86. The minimum Gasteiger partial charge on any atom is -0.313 e. The van der Waals surface area contributed by atoms with Gasteiger partial charge in [-0.1, -0.05) is 24.3 Å². The van der Waals surface area contributed by atoms with Crippen LogP contribution in [-0.2, 0) is 0 Å². The van der Waals surface area contributed by atoms with E-state index in [9.17, 15) is 0 Å². The van der Waals surface area contributed by atoms with E-state index in [0.717, 1.165) is 11.1 Å². The Morgan fingerprint density at radius 2 is 1.62 bits per heavy atom. The predicted octanol–water partition coefficient (Wildman–Crippen LogP) is 2.42. The summed E-state index contributed by atoms with van der Waals surface area (Å²) in [6, 6.07) is 8.83. The van der Waals surface area contributed by atoms with Crippen LogP contribution in [0.5, 0.6) is 0 Å². The smallest absolute Gasteiger partial charge is 0.115 e. The summed E-state index contributed by atoms with van der Waals surface area (Å²) in [5.74, 6) is 0. The maximum atomic E-state index is 4.01. The molecular weight excluding hydrogens is 198 g/mol. The van der Waals surface area contributed by atoms with E-state index in [1.165, 1.54) is 5.56 Å². The molecule has 0 saturated carbocycles. The number of rotatable bonds is 3. The molecule has 0 spiro atoms. The first-order chi connectivity index (χ1) is 7.81. The van der Waals surface area contributed by atoms with Gasteiger partial charge in [-0.3, -0.25) is 0 Å². The van der Waals surface area contributed by atoms with Crippen molar-refractivity contribution in [3.63, 3.8) is 0 Å². The van der Waals surface area contributed by atoms with Crippen LogP contribution in [0.25, 0.3) is 11.1 Å². The van der Waals surface area contributed by atoms with Crippen molar-refractivity contribution in [1.82, 2.24) is 15.3 Å². The normalized spacial score (nSPS) is 12.4. The molecule has 82 valence electrons. The van der Waals surface area contributed by atoms with Crippen molar-refractivity contribution in [2.75, 3.05) is 7.05 Å². The summed E-state index contributed by atoms with van der Waals surface area (Å²) in [6.07, 6.45) is 5.19. The standard InChI is InChI=1S/C13H15N3/c1-10(14-2)11-3-5-12(6-4-11)13-7-15-9-16-8-13/h3-10,14H,1-2H3. The predicted molar refractivity (Wildman–Crippen MR) is 64.9 cm³/mol. The van der Waals surface area contributed by atoms with Crippen LogP contribution in [0.2, 0.25) is 0 Å². The van der Waals surface area contributed by atoms with Crippen LogP contribution in [0.4, 0.5) is 0 Å². The molecule has 0 aliphatic carbocycles. The molecule has 3 heteroatoms. The Bertz CT molecular complexity index is 436. The molecule has 2 aromatic rings. The third kappa shape index (κ3) is 2.25. The molecule has 1 atom stereocenters. The first-order valence-corrected chi connectivity index (χ1v) is 5.34. The maximum Gasteiger partial charge on any atom is 0.115 e. The first-order valence-electron chi connectivity index (χ1n) is 5.34. The minimum absolute atomic E-state index is 0.376. The van der Waals surface area contributed by atoms with Crippen molar-refractivity contribution in [1.29, 1.82) is 0 Å². The van der Waals surface area contributed by atoms with E-state index in [4.69, 9.17) is 0 Å². The van der Waals surface area contributed by atoms with Gasteiger partial charge < -0.3 is 5.32 Å². The minimum atomic E-state index is 0.376. The number of nitrogens with zero attached hydrogens (tertiary/aromatic N) is 2. The lowest BCUT2D eigenvalue weighted by atomic mass is 10.0. The van der Waals surface area contributed by atoms with Crippen LogP contribution in [-0.4, -0.2) is 17.0 Å². The van der Waals surface area contributed by atoms with E-state index in [0.29, 0.717) is 6.04 Å². The highest BCUT2D eigenvalue weighted by atomic mass is 14.8. The van der Waals surface area contributed by atoms with Crippen LogP contribution in [0.3, 0.4) is 0 Å². The second-order valence-corrected chi connectivity index (χ2v) is 3.76. The van der Waals surface area contributed by atoms with E-state index in [1.807, 2.05) is 19.4 Å². The Morgan fingerprint density at radius 3 is 2.19 bits per heavy atom. The summed E-state index contributed by atoms with van der Waals surface area (Å²) in [5, 5.41) is 3.22. The van der Waals surface area contributed by atoms with Gasteiger partial charge in [-0.15, -0.1) is 0 Å². The third-order valence-corrected chi connectivity index (χ3v) is 2.74. The average molecular weight is 213 g/mol. The molecule has 1 aromatic heterocycles. The first kappa shape index (κ1) is 10.8. The van der Waals surface area contributed by atoms with Gasteiger partial charge in [0.25, 0.3) is 0 Å². The highest BCUT2D eigenvalue weighted by Gasteiger charge is 2.02. The van der Waals surface area contributed by atoms with Crippen LogP contribution < -0.4 is 5.32 Å². The van der Waals surface area contributed by atoms with Crippen LogP contribution >= 0.6 is 0 Å². The zero-order valence-electron chi connectivity index (χ0n) is 9.51. The molecule has 1 unspecified atom stereocenters. The monoisotopic (exact) mass is 213 g/mol. The lowest BCUT2D eigenvalue weighted by Gasteiger charge is -2.10. The molecule has 1 heterocycles. The van der Waals surface area contributed by atoms with Crippen molar-refractivity contribution in [3.05, 3.63) is 48.5 Å². The fourth-order valence-electron chi connectivity index (χ4n) is 1.58.